The standard InChI is InChI=1S/C14H13IO2/c1-14(16-8-9-17-14)12-7-6-10-4-2-3-5-11(10)13(12)15/h2-7H,8-9H2,1H3. The molecule has 1 fully saturated rings. The van der Waals surface area contributed by atoms with Gasteiger partial charge in [-0.25, -0.2) is 0 Å². The van der Waals surface area contributed by atoms with Gasteiger partial charge in [-0.1, -0.05) is 36.4 Å². The summed E-state index contributed by atoms with van der Waals surface area (Å²) in [6.45, 7) is 3.32. The minimum absolute atomic E-state index is 0.583. The van der Waals surface area contributed by atoms with Gasteiger partial charge in [0.25, 0.3) is 0 Å². The van der Waals surface area contributed by atoms with Gasteiger partial charge < -0.3 is 9.47 Å². The highest BCUT2D eigenvalue weighted by Gasteiger charge is 2.35. The van der Waals surface area contributed by atoms with E-state index in [1.54, 1.807) is 0 Å². The van der Waals surface area contributed by atoms with Crippen LogP contribution < -0.4 is 0 Å². The fraction of sp³-hybridized carbons (Fsp3) is 0.286. The van der Waals surface area contributed by atoms with Crippen molar-refractivity contribution >= 4 is 33.4 Å². The number of hydrogen-bond donors (Lipinski definition) is 0. The molecule has 0 aromatic heterocycles. The van der Waals surface area contributed by atoms with E-state index in [0.717, 1.165) is 5.56 Å². The zero-order chi connectivity index (χ0) is 11.9. The minimum Gasteiger partial charge on any atom is -0.344 e. The van der Waals surface area contributed by atoms with Gasteiger partial charge in [-0.2, -0.15) is 0 Å². The molecule has 0 bridgehead atoms. The van der Waals surface area contributed by atoms with E-state index in [-0.39, 0.29) is 0 Å². The molecule has 2 aromatic rings. The van der Waals surface area contributed by atoms with E-state index in [1.807, 2.05) is 6.92 Å². The van der Waals surface area contributed by atoms with E-state index in [2.05, 4.69) is 59.0 Å². The molecule has 3 heteroatoms. The lowest BCUT2D eigenvalue weighted by atomic mass is 10.0. The van der Waals surface area contributed by atoms with Gasteiger partial charge in [-0.05, 0) is 40.3 Å². The van der Waals surface area contributed by atoms with Crippen molar-refractivity contribution in [1.82, 2.24) is 0 Å². The van der Waals surface area contributed by atoms with E-state index in [1.165, 1.54) is 14.3 Å². The Morgan fingerprint density at radius 1 is 1.06 bits per heavy atom. The summed E-state index contributed by atoms with van der Waals surface area (Å²) in [5, 5.41) is 2.51. The predicted octanol–water partition coefficient (Wildman–Crippen LogP) is 3.66. The summed E-state index contributed by atoms with van der Waals surface area (Å²) in [4.78, 5) is 0. The van der Waals surface area contributed by atoms with E-state index >= 15 is 0 Å². The normalized spacial score (nSPS) is 18.7. The smallest absolute Gasteiger partial charge is 0.193 e. The Morgan fingerprint density at radius 2 is 1.76 bits per heavy atom. The van der Waals surface area contributed by atoms with Gasteiger partial charge in [0.05, 0.1) is 13.2 Å². The molecule has 17 heavy (non-hydrogen) atoms. The topological polar surface area (TPSA) is 18.5 Å². The van der Waals surface area contributed by atoms with Gasteiger partial charge in [0.15, 0.2) is 5.79 Å². The fourth-order valence-electron chi connectivity index (χ4n) is 2.25. The van der Waals surface area contributed by atoms with Crippen molar-refractivity contribution in [3.63, 3.8) is 0 Å². The van der Waals surface area contributed by atoms with Crippen LogP contribution in [0, 0.1) is 3.57 Å². The van der Waals surface area contributed by atoms with Crippen LogP contribution in [0.4, 0.5) is 0 Å². The van der Waals surface area contributed by atoms with Gasteiger partial charge in [-0.15, -0.1) is 0 Å². The number of rotatable bonds is 1. The van der Waals surface area contributed by atoms with E-state index < -0.39 is 5.79 Å². The number of halogens is 1. The van der Waals surface area contributed by atoms with Crippen LogP contribution in [0.25, 0.3) is 10.8 Å². The SMILES string of the molecule is CC1(c2ccc3ccccc3c2I)OCCO1. The first kappa shape index (κ1) is 11.4. The lowest BCUT2D eigenvalue weighted by Gasteiger charge is -2.24. The van der Waals surface area contributed by atoms with Crippen LogP contribution in [0.1, 0.15) is 12.5 Å². The Kier molecular flexibility index (Phi) is 2.84. The second-order valence-corrected chi connectivity index (χ2v) is 5.37. The summed E-state index contributed by atoms with van der Waals surface area (Å²) in [5.74, 6) is -0.583. The van der Waals surface area contributed by atoms with Crippen molar-refractivity contribution in [2.75, 3.05) is 13.2 Å². The summed E-state index contributed by atoms with van der Waals surface area (Å²) in [6, 6.07) is 12.6. The monoisotopic (exact) mass is 340 g/mol. The van der Waals surface area contributed by atoms with Crippen LogP contribution in [0.2, 0.25) is 0 Å². The highest BCUT2D eigenvalue weighted by Crippen LogP contribution is 2.36. The molecule has 3 rings (SSSR count). The molecule has 88 valence electrons. The summed E-state index contributed by atoms with van der Waals surface area (Å²) in [6.07, 6.45) is 0. The number of benzene rings is 2. The van der Waals surface area contributed by atoms with Crippen molar-refractivity contribution in [2.24, 2.45) is 0 Å². The maximum Gasteiger partial charge on any atom is 0.193 e. The lowest BCUT2D eigenvalue weighted by molar-refractivity contribution is -0.150. The first-order valence-electron chi connectivity index (χ1n) is 5.66. The molecule has 2 nitrogen and oxygen atoms in total. The second-order valence-electron chi connectivity index (χ2n) is 4.29. The highest BCUT2D eigenvalue weighted by molar-refractivity contribution is 14.1. The molecule has 1 aliphatic heterocycles. The summed E-state index contributed by atoms with van der Waals surface area (Å²) < 4.78 is 12.7. The van der Waals surface area contributed by atoms with Crippen molar-refractivity contribution < 1.29 is 9.47 Å². The molecule has 2 aromatic carbocycles. The molecule has 0 spiro atoms. The molecular weight excluding hydrogens is 327 g/mol. The van der Waals surface area contributed by atoms with Crippen LogP contribution in [0.3, 0.4) is 0 Å². The van der Waals surface area contributed by atoms with Gasteiger partial charge in [0.1, 0.15) is 0 Å². The Labute approximate surface area is 114 Å². The van der Waals surface area contributed by atoms with Crippen molar-refractivity contribution in [2.45, 2.75) is 12.7 Å². The molecule has 0 aliphatic carbocycles. The summed E-state index contributed by atoms with van der Waals surface area (Å²) >= 11 is 2.38. The third-order valence-corrected chi connectivity index (χ3v) is 4.35. The Morgan fingerprint density at radius 3 is 2.53 bits per heavy atom. The van der Waals surface area contributed by atoms with Gasteiger partial charge in [0.2, 0.25) is 0 Å². The second kappa shape index (κ2) is 4.23. The summed E-state index contributed by atoms with van der Waals surface area (Å²) in [5.41, 5.74) is 1.12. The van der Waals surface area contributed by atoms with Crippen molar-refractivity contribution in [1.29, 1.82) is 0 Å². The molecule has 1 heterocycles. The summed E-state index contributed by atoms with van der Waals surface area (Å²) in [7, 11) is 0. The van der Waals surface area contributed by atoms with Crippen molar-refractivity contribution in [3.8, 4) is 0 Å². The largest absolute Gasteiger partial charge is 0.344 e. The zero-order valence-electron chi connectivity index (χ0n) is 9.57. The van der Waals surface area contributed by atoms with Crippen LogP contribution in [-0.4, -0.2) is 13.2 Å². The number of fused-ring (bicyclic) bond motifs is 1. The van der Waals surface area contributed by atoms with Gasteiger partial charge >= 0.3 is 0 Å². The third-order valence-electron chi connectivity index (χ3n) is 3.19. The van der Waals surface area contributed by atoms with Crippen molar-refractivity contribution in [3.05, 3.63) is 45.5 Å². The highest BCUT2D eigenvalue weighted by atomic mass is 127. The van der Waals surface area contributed by atoms with E-state index in [9.17, 15) is 0 Å². The lowest BCUT2D eigenvalue weighted by Crippen LogP contribution is -2.23. The molecule has 0 saturated carbocycles. The van der Waals surface area contributed by atoms with Crippen LogP contribution in [-0.2, 0) is 15.3 Å². The fourth-order valence-corrected chi connectivity index (χ4v) is 3.42. The number of ether oxygens (including phenoxy) is 2. The molecule has 1 aliphatic rings. The first-order chi connectivity index (χ1) is 8.21. The third kappa shape index (κ3) is 1.86. The quantitative estimate of drug-likeness (QED) is 0.738. The number of hydrogen-bond acceptors (Lipinski definition) is 2. The zero-order valence-corrected chi connectivity index (χ0v) is 11.7. The Balaban J connectivity index is 2.21. The molecule has 0 atom stereocenters. The average Bonchev–Trinajstić information content (AvgIpc) is 2.78. The Bertz CT molecular complexity index is 559. The maximum atomic E-state index is 5.73. The molecule has 0 radical (unpaired) electrons. The minimum atomic E-state index is -0.583. The predicted molar refractivity (Wildman–Crippen MR) is 75.9 cm³/mol. The first-order valence-corrected chi connectivity index (χ1v) is 6.74. The van der Waals surface area contributed by atoms with Gasteiger partial charge in [-0.3, -0.25) is 0 Å². The van der Waals surface area contributed by atoms with Crippen LogP contribution >= 0.6 is 22.6 Å². The van der Waals surface area contributed by atoms with E-state index in [4.69, 9.17) is 9.47 Å². The maximum absolute atomic E-state index is 5.73. The average molecular weight is 340 g/mol. The van der Waals surface area contributed by atoms with E-state index in [0.29, 0.717) is 13.2 Å². The van der Waals surface area contributed by atoms with Crippen LogP contribution in [0.5, 0.6) is 0 Å². The van der Waals surface area contributed by atoms with Crippen LogP contribution in [0.15, 0.2) is 36.4 Å². The molecular formula is C14H13IO2. The van der Waals surface area contributed by atoms with Gasteiger partial charge in [0, 0.05) is 9.13 Å². The molecule has 1 saturated heterocycles. The molecule has 0 unspecified atom stereocenters. The Hall–Kier alpha value is -0.650. The molecule has 0 amide bonds. The molecule has 0 N–H and O–H groups in total.